The fraction of sp³-hybridized carbons (Fsp3) is 0.533. The van der Waals surface area contributed by atoms with Gasteiger partial charge in [-0.05, 0) is 37.6 Å². The van der Waals surface area contributed by atoms with Crippen molar-refractivity contribution in [2.45, 2.75) is 26.3 Å². The summed E-state index contributed by atoms with van der Waals surface area (Å²) < 4.78 is 16.2. The predicted octanol–water partition coefficient (Wildman–Crippen LogP) is 2.72. The van der Waals surface area contributed by atoms with E-state index in [0.717, 1.165) is 12.0 Å². The third kappa shape index (κ3) is 3.80. The van der Waals surface area contributed by atoms with Crippen molar-refractivity contribution in [2.75, 3.05) is 26.4 Å². The number of hydrogen-bond acceptors (Lipinski definition) is 5. The number of halogens is 1. The Morgan fingerprint density at radius 3 is 2.86 bits per heavy atom. The first-order chi connectivity index (χ1) is 10.2. The minimum absolute atomic E-state index is 0.321. The van der Waals surface area contributed by atoms with Gasteiger partial charge in [-0.1, -0.05) is 18.5 Å². The van der Waals surface area contributed by atoms with E-state index in [1.165, 1.54) is 0 Å². The quantitative estimate of drug-likeness (QED) is 0.818. The van der Waals surface area contributed by atoms with Crippen LogP contribution in [0.15, 0.2) is 12.1 Å². The number of benzene rings is 1. The highest BCUT2D eigenvalue weighted by molar-refractivity contribution is 6.32. The van der Waals surface area contributed by atoms with Crippen molar-refractivity contribution in [3.8, 4) is 11.5 Å². The molecule has 1 aliphatic rings. The molecule has 1 heterocycles. The number of esters is 1. The molecule has 0 radical (unpaired) electrons. The zero-order valence-corrected chi connectivity index (χ0v) is 13.0. The molecule has 0 fully saturated rings. The van der Waals surface area contributed by atoms with Gasteiger partial charge in [-0.3, -0.25) is 0 Å². The van der Waals surface area contributed by atoms with Crippen molar-refractivity contribution in [3.05, 3.63) is 22.7 Å². The molecule has 6 heteroatoms. The van der Waals surface area contributed by atoms with Crippen LogP contribution in [-0.2, 0) is 9.53 Å². The third-order valence-electron chi connectivity index (χ3n) is 3.07. The molecule has 1 atom stereocenters. The Balaban J connectivity index is 2.30. The molecule has 0 amide bonds. The first-order valence-corrected chi connectivity index (χ1v) is 7.54. The molecule has 2 rings (SSSR count). The molecule has 0 bridgehead atoms. The van der Waals surface area contributed by atoms with Crippen LogP contribution in [0, 0.1) is 0 Å². The molecule has 5 nitrogen and oxygen atoms in total. The van der Waals surface area contributed by atoms with Crippen molar-refractivity contribution < 1.29 is 19.0 Å². The minimum atomic E-state index is -0.557. The van der Waals surface area contributed by atoms with Crippen molar-refractivity contribution in [2.24, 2.45) is 0 Å². The van der Waals surface area contributed by atoms with E-state index in [-0.39, 0.29) is 5.97 Å². The highest BCUT2D eigenvalue weighted by atomic mass is 35.5. The van der Waals surface area contributed by atoms with E-state index in [0.29, 0.717) is 42.9 Å². The Hall–Kier alpha value is -1.46. The molecule has 1 aliphatic heterocycles. The van der Waals surface area contributed by atoms with Gasteiger partial charge in [0.2, 0.25) is 0 Å². The maximum absolute atomic E-state index is 12.1. The number of carbonyl (C=O) groups is 1. The summed E-state index contributed by atoms with van der Waals surface area (Å²) >= 11 is 6.22. The number of hydrogen-bond donors (Lipinski definition) is 1. The highest BCUT2D eigenvalue weighted by Crippen LogP contribution is 2.39. The van der Waals surface area contributed by atoms with E-state index in [9.17, 15) is 4.79 Å². The van der Waals surface area contributed by atoms with Crippen molar-refractivity contribution >= 4 is 17.6 Å². The summed E-state index contributed by atoms with van der Waals surface area (Å²) in [6.07, 6.45) is 0.911. The van der Waals surface area contributed by atoms with E-state index in [4.69, 9.17) is 25.8 Å². The number of rotatable bonds is 6. The van der Waals surface area contributed by atoms with Gasteiger partial charge in [-0.2, -0.15) is 0 Å². The zero-order chi connectivity index (χ0) is 15.2. The molecule has 1 unspecified atom stereocenters. The van der Waals surface area contributed by atoms with Crippen molar-refractivity contribution in [3.63, 3.8) is 0 Å². The fourth-order valence-electron chi connectivity index (χ4n) is 2.15. The number of ether oxygens (including phenoxy) is 3. The molecular formula is C15H20ClNO4. The van der Waals surface area contributed by atoms with Crippen LogP contribution < -0.4 is 14.8 Å². The van der Waals surface area contributed by atoms with Gasteiger partial charge in [0.25, 0.3) is 0 Å². The maximum atomic E-state index is 12.1. The molecule has 0 saturated carbocycles. The lowest BCUT2D eigenvalue weighted by Gasteiger charge is -2.23. The van der Waals surface area contributed by atoms with E-state index >= 15 is 0 Å². The smallest absolute Gasteiger partial charge is 0.327 e. The van der Waals surface area contributed by atoms with Crippen LogP contribution in [-0.4, -0.2) is 32.3 Å². The Labute approximate surface area is 129 Å². The Morgan fingerprint density at radius 2 is 2.14 bits per heavy atom. The van der Waals surface area contributed by atoms with Crippen molar-refractivity contribution in [1.29, 1.82) is 0 Å². The van der Waals surface area contributed by atoms with Gasteiger partial charge in [-0.15, -0.1) is 0 Å². The molecule has 0 aliphatic carbocycles. The summed E-state index contributed by atoms with van der Waals surface area (Å²) in [5.74, 6) is 0.778. The van der Waals surface area contributed by atoms with Gasteiger partial charge >= 0.3 is 5.97 Å². The first kappa shape index (κ1) is 15.9. The first-order valence-electron chi connectivity index (χ1n) is 7.16. The SMILES string of the molecule is CCCNC(C(=O)OCC)c1cc(Cl)c2c(c1)OCCO2. The van der Waals surface area contributed by atoms with Crippen LogP contribution in [0.4, 0.5) is 0 Å². The standard InChI is InChI=1S/C15H20ClNO4/c1-3-5-17-13(15(18)19-4-2)10-8-11(16)14-12(9-10)20-6-7-21-14/h8-9,13,17H,3-7H2,1-2H3. The lowest BCUT2D eigenvalue weighted by Crippen LogP contribution is -2.31. The Morgan fingerprint density at radius 1 is 1.38 bits per heavy atom. The largest absolute Gasteiger partial charge is 0.486 e. The second-order valence-corrected chi connectivity index (χ2v) is 5.07. The summed E-state index contributed by atoms with van der Waals surface area (Å²) in [7, 11) is 0. The molecule has 0 saturated heterocycles. The van der Waals surface area contributed by atoms with Crippen LogP contribution >= 0.6 is 11.6 Å². The van der Waals surface area contributed by atoms with Gasteiger partial charge in [0.05, 0.1) is 11.6 Å². The van der Waals surface area contributed by atoms with Crippen molar-refractivity contribution in [1.82, 2.24) is 5.32 Å². The molecule has 0 aromatic heterocycles. The number of carbonyl (C=O) groups excluding carboxylic acids is 1. The predicted molar refractivity (Wildman–Crippen MR) is 80.1 cm³/mol. The van der Waals surface area contributed by atoms with Crippen LogP contribution in [0.3, 0.4) is 0 Å². The van der Waals surface area contributed by atoms with Gasteiger partial charge in [0.15, 0.2) is 11.5 Å². The molecule has 116 valence electrons. The molecule has 1 aromatic rings. The molecular weight excluding hydrogens is 294 g/mol. The van der Waals surface area contributed by atoms with E-state index in [1.54, 1.807) is 19.1 Å². The second kappa shape index (κ2) is 7.52. The van der Waals surface area contributed by atoms with Crippen LogP contribution in [0.25, 0.3) is 0 Å². The molecule has 1 aromatic carbocycles. The van der Waals surface area contributed by atoms with E-state index in [1.807, 2.05) is 6.92 Å². The summed E-state index contributed by atoms with van der Waals surface area (Å²) in [6.45, 7) is 5.80. The lowest BCUT2D eigenvalue weighted by atomic mass is 10.1. The van der Waals surface area contributed by atoms with E-state index < -0.39 is 6.04 Å². The highest BCUT2D eigenvalue weighted by Gasteiger charge is 2.25. The zero-order valence-electron chi connectivity index (χ0n) is 12.3. The lowest BCUT2D eigenvalue weighted by molar-refractivity contribution is -0.145. The minimum Gasteiger partial charge on any atom is -0.486 e. The van der Waals surface area contributed by atoms with Gasteiger partial charge in [0, 0.05) is 0 Å². The van der Waals surface area contributed by atoms with Gasteiger partial charge in [0.1, 0.15) is 19.3 Å². The average Bonchev–Trinajstić information content (AvgIpc) is 2.48. The van der Waals surface area contributed by atoms with Gasteiger partial charge in [-0.25, -0.2) is 4.79 Å². The monoisotopic (exact) mass is 313 g/mol. The van der Waals surface area contributed by atoms with Crippen LogP contribution in [0.2, 0.25) is 5.02 Å². The van der Waals surface area contributed by atoms with Crippen LogP contribution in [0.5, 0.6) is 11.5 Å². The summed E-state index contributed by atoms with van der Waals surface area (Å²) in [5.41, 5.74) is 0.719. The fourth-order valence-corrected chi connectivity index (χ4v) is 2.42. The topological polar surface area (TPSA) is 56.8 Å². The molecule has 1 N–H and O–H groups in total. The normalized spacial score (nSPS) is 14.6. The number of fused-ring (bicyclic) bond motifs is 1. The molecule has 21 heavy (non-hydrogen) atoms. The maximum Gasteiger partial charge on any atom is 0.327 e. The summed E-state index contributed by atoms with van der Waals surface area (Å²) in [6, 6.07) is 2.95. The van der Waals surface area contributed by atoms with E-state index in [2.05, 4.69) is 5.32 Å². The Bertz CT molecular complexity index is 507. The summed E-state index contributed by atoms with van der Waals surface area (Å²) in [5, 5.41) is 3.61. The van der Waals surface area contributed by atoms with Crippen LogP contribution in [0.1, 0.15) is 31.9 Å². The second-order valence-electron chi connectivity index (χ2n) is 4.67. The third-order valence-corrected chi connectivity index (χ3v) is 3.35. The Kier molecular flexibility index (Phi) is 5.70. The molecule has 0 spiro atoms. The van der Waals surface area contributed by atoms with Gasteiger partial charge < -0.3 is 19.5 Å². The average molecular weight is 314 g/mol. The summed E-state index contributed by atoms with van der Waals surface area (Å²) in [4.78, 5) is 12.1. The number of nitrogens with one attached hydrogen (secondary N) is 1.